The highest BCUT2D eigenvalue weighted by molar-refractivity contribution is 7.09. The van der Waals surface area contributed by atoms with Gasteiger partial charge in [0.15, 0.2) is 12.4 Å². The van der Waals surface area contributed by atoms with Crippen LogP contribution in [0.3, 0.4) is 0 Å². The van der Waals surface area contributed by atoms with Gasteiger partial charge in [-0.15, -0.1) is 11.3 Å². The number of aromatic nitrogens is 1. The van der Waals surface area contributed by atoms with Crippen molar-refractivity contribution in [3.8, 4) is 0 Å². The van der Waals surface area contributed by atoms with Crippen LogP contribution in [0, 0.1) is 13.8 Å². The van der Waals surface area contributed by atoms with E-state index in [-0.39, 0.29) is 18.2 Å². The zero-order valence-electron chi connectivity index (χ0n) is 14.8. The molecule has 3 rings (SSSR count). The number of nitrogens with zero attached hydrogens (tertiary/aromatic N) is 2. The van der Waals surface area contributed by atoms with E-state index in [1.807, 2.05) is 36.7 Å². The predicted octanol–water partition coefficient (Wildman–Crippen LogP) is 3.99. The Hall–Kier alpha value is -2.38. The smallest absolute Gasteiger partial charge is 0.204 e. The molecule has 0 unspecified atom stereocenters. The molecule has 7 heteroatoms. The quantitative estimate of drug-likeness (QED) is 0.275. The molecule has 3 aromatic rings. The number of nitrogens with two attached hydrogens (primary N) is 1. The molecule has 0 radical (unpaired) electrons. The van der Waals surface area contributed by atoms with Gasteiger partial charge in [-0.1, -0.05) is 11.2 Å². The number of thiophene rings is 2. The Bertz CT molecular complexity index is 894. The Morgan fingerprint density at radius 2 is 2.15 bits per heavy atom. The van der Waals surface area contributed by atoms with Gasteiger partial charge < -0.3 is 15.1 Å². The van der Waals surface area contributed by atoms with E-state index in [1.165, 1.54) is 16.2 Å². The third-order valence-electron chi connectivity index (χ3n) is 4.21. The molecule has 0 amide bonds. The van der Waals surface area contributed by atoms with Crippen molar-refractivity contribution < 1.29 is 9.63 Å². The second kappa shape index (κ2) is 8.33. The first-order valence-corrected chi connectivity index (χ1v) is 10.1. The van der Waals surface area contributed by atoms with Crippen LogP contribution in [0.1, 0.15) is 32.2 Å². The first kappa shape index (κ1) is 18.4. The largest absolute Gasteiger partial charge is 0.386 e. The maximum Gasteiger partial charge on any atom is 0.204 e. The summed E-state index contributed by atoms with van der Waals surface area (Å²) in [6.07, 6.45) is 0.958. The van der Waals surface area contributed by atoms with E-state index >= 15 is 0 Å². The fourth-order valence-electron chi connectivity index (χ4n) is 2.81. The van der Waals surface area contributed by atoms with E-state index in [0.29, 0.717) is 5.56 Å². The van der Waals surface area contributed by atoms with Crippen molar-refractivity contribution in [1.82, 2.24) is 4.57 Å². The minimum absolute atomic E-state index is 0.0951. The Labute approximate surface area is 160 Å². The number of ketones is 1. The Balaban J connectivity index is 1.62. The molecular weight excluding hydrogens is 366 g/mol. The number of carbonyl (C=O) groups excluding carboxylic acids is 1. The van der Waals surface area contributed by atoms with Crippen LogP contribution in [0.4, 0.5) is 0 Å². The van der Waals surface area contributed by atoms with Gasteiger partial charge in [0.05, 0.1) is 0 Å². The van der Waals surface area contributed by atoms with Crippen molar-refractivity contribution in [3.05, 3.63) is 67.8 Å². The first-order valence-electron chi connectivity index (χ1n) is 8.26. The molecule has 0 fully saturated rings. The molecular formula is C19H21N3O2S2. The average Bonchev–Trinajstić information content (AvgIpc) is 3.36. The summed E-state index contributed by atoms with van der Waals surface area (Å²) in [5.74, 6) is 0.183. The molecule has 0 aliphatic rings. The van der Waals surface area contributed by atoms with Crippen LogP contribution in [-0.2, 0) is 17.8 Å². The topological polar surface area (TPSA) is 69.6 Å². The van der Waals surface area contributed by atoms with Crippen LogP contribution >= 0.6 is 22.7 Å². The monoisotopic (exact) mass is 387 g/mol. The fraction of sp³-hybridized carbons (Fsp3) is 0.263. The maximum absolute atomic E-state index is 12.5. The van der Waals surface area contributed by atoms with E-state index in [2.05, 4.69) is 27.2 Å². The van der Waals surface area contributed by atoms with Gasteiger partial charge in [0.2, 0.25) is 5.78 Å². The number of carbonyl (C=O) groups is 1. The normalized spacial score (nSPS) is 11.7. The standard InChI is InChI=1S/C19H21N3O2S2/c1-13-10-17(14(2)22(13)7-5-16-4-3-8-26-16)18(23)11-24-21-19(20)15-6-9-25-12-15/h3-4,6,8-10,12H,5,7,11H2,1-2H3,(H2,20,21). The Kier molecular flexibility index (Phi) is 5.90. The van der Waals surface area contributed by atoms with Gasteiger partial charge in [0, 0.05) is 39.3 Å². The SMILES string of the molecule is Cc1cc(C(=O)CO/N=C(\N)c2ccsc2)c(C)n1CCc1cccs1. The summed E-state index contributed by atoms with van der Waals surface area (Å²) in [5, 5.41) is 9.71. The predicted molar refractivity (Wildman–Crippen MR) is 107 cm³/mol. The Morgan fingerprint density at radius 1 is 1.31 bits per heavy atom. The van der Waals surface area contributed by atoms with Crippen LogP contribution in [0.5, 0.6) is 0 Å². The molecule has 0 spiro atoms. The minimum atomic E-state index is -0.125. The summed E-state index contributed by atoms with van der Waals surface area (Å²) < 4.78 is 2.18. The molecule has 5 nitrogen and oxygen atoms in total. The maximum atomic E-state index is 12.5. The molecule has 26 heavy (non-hydrogen) atoms. The summed E-state index contributed by atoms with van der Waals surface area (Å²) in [7, 11) is 0. The molecule has 136 valence electrons. The number of Topliss-reactive ketones (excluding diaryl/α,β-unsaturated/α-hetero) is 1. The van der Waals surface area contributed by atoms with Gasteiger partial charge in [0.25, 0.3) is 0 Å². The molecule has 0 atom stereocenters. The van der Waals surface area contributed by atoms with Crippen molar-refractivity contribution in [2.45, 2.75) is 26.8 Å². The van der Waals surface area contributed by atoms with Gasteiger partial charge in [-0.25, -0.2) is 0 Å². The zero-order valence-corrected chi connectivity index (χ0v) is 16.4. The second-order valence-corrected chi connectivity index (χ2v) is 7.76. The molecule has 3 aromatic heterocycles. The third-order valence-corrected chi connectivity index (χ3v) is 5.83. The number of hydrogen-bond donors (Lipinski definition) is 1. The second-order valence-electron chi connectivity index (χ2n) is 5.95. The lowest BCUT2D eigenvalue weighted by molar-refractivity contribution is 0.0775. The van der Waals surface area contributed by atoms with Crippen molar-refractivity contribution >= 4 is 34.3 Å². The average molecular weight is 388 g/mol. The number of rotatable bonds is 8. The lowest BCUT2D eigenvalue weighted by Crippen LogP contribution is -2.15. The molecule has 0 aliphatic carbocycles. The van der Waals surface area contributed by atoms with Crippen LogP contribution in [0.15, 0.2) is 45.6 Å². The van der Waals surface area contributed by atoms with Crippen LogP contribution < -0.4 is 5.73 Å². The number of aryl methyl sites for hydroxylation is 2. The summed E-state index contributed by atoms with van der Waals surface area (Å²) >= 11 is 3.28. The summed E-state index contributed by atoms with van der Waals surface area (Å²) in [6, 6.07) is 7.97. The van der Waals surface area contributed by atoms with Gasteiger partial charge >= 0.3 is 0 Å². The minimum Gasteiger partial charge on any atom is -0.386 e. The highest BCUT2D eigenvalue weighted by atomic mass is 32.1. The molecule has 2 N–H and O–H groups in total. The molecule has 3 heterocycles. The van der Waals surface area contributed by atoms with E-state index in [0.717, 1.165) is 29.9 Å². The molecule has 0 aromatic carbocycles. The molecule has 0 bridgehead atoms. The fourth-order valence-corrected chi connectivity index (χ4v) is 4.15. The zero-order chi connectivity index (χ0) is 18.5. The molecule has 0 saturated heterocycles. The van der Waals surface area contributed by atoms with Gasteiger partial charge in [-0.3, -0.25) is 4.79 Å². The highest BCUT2D eigenvalue weighted by Crippen LogP contribution is 2.18. The van der Waals surface area contributed by atoms with Gasteiger partial charge in [0.1, 0.15) is 0 Å². The van der Waals surface area contributed by atoms with E-state index in [9.17, 15) is 4.79 Å². The van der Waals surface area contributed by atoms with E-state index < -0.39 is 0 Å². The van der Waals surface area contributed by atoms with Crippen molar-refractivity contribution in [2.75, 3.05) is 6.61 Å². The number of hydrogen-bond acceptors (Lipinski definition) is 5. The van der Waals surface area contributed by atoms with Gasteiger partial charge in [-0.2, -0.15) is 11.3 Å². The summed E-state index contributed by atoms with van der Waals surface area (Å²) in [4.78, 5) is 19.0. The van der Waals surface area contributed by atoms with Crippen LogP contribution in [0.25, 0.3) is 0 Å². The van der Waals surface area contributed by atoms with E-state index in [4.69, 9.17) is 10.6 Å². The Morgan fingerprint density at radius 3 is 2.85 bits per heavy atom. The first-order chi connectivity index (χ1) is 12.6. The molecule has 0 saturated carbocycles. The van der Waals surface area contributed by atoms with Crippen LogP contribution in [-0.4, -0.2) is 22.8 Å². The van der Waals surface area contributed by atoms with Crippen molar-refractivity contribution in [1.29, 1.82) is 0 Å². The summed E-state index contributed by atoms with van der Waals surface area (Å²) in [5.41, 5.74) is 9.34. The van der Waals surface area contributed by atoms with Crippen molar-refractivity contribution in [2.24, 2.45) is 10.9 Å². The van der Waals surface area contributed by atoms with Crippen molar-refractivity contribution in [3.63, 3.8) is 0 Å². The van der Waals surface area contributed by atoms with E-state index in [1.54, 1.807) is 11.3 Å². The number of oxime groups is 1. The van der Waals surface area contributed by atoms with Gasteiger partial charge in [-0.05, 0) is 49.2 Å². The van der Waals surface area contributed by atoms with Crippen LogP contribution in [0.2, 0.25) is 0 Å². The number of amidine groups is 1. The highest BCUT2D eigenvalue weighted by Gasteiger charge is 2.16. The third kappa shape index (κ3) is 4.23. The summed E-state index contributed by atoms with van der Waals surface area (Å²) in [6.45, 7) is 4.72. The lowest BCUT2D eigenvalue weighted by Gasteiger charge is -2.09. The molecule has 0 aliphatic heterocycles. The lowest BCUT2D eigenvalue weighted by atomic mass is 10.1.